The van der Waals surface area contributed by atoms with Crippen molar-refractivity contribution in [1.29, 1.82) is 0 Å². The van der Waals surface area contributed by atoms with Crippen LogP contribution in [0.25, 0.3) is 16.6 Å². The molecule has 2 heterocycles. The van der Waals surface area contributed by atoms with E-state index in [1.54, 1.807) is 6.07 Å². The molecular formula is C21H15Cl2FN4O2. The van der Waals surface area contributed by atoms with Gasteiger partial charge in [0.1, 0.15) is 28.0 Å². The molecule has 0 spiro atoms. The van der Waals surface area contributed by atoms with Crippen molar-refractivity contribution in [3.63, 3.8) is 0 Å². The second kappa shape index (κ2) is 8.39. The molecule has 0 radical (unpaired) electrons. The van der Waals surface area contributed by atoms with Gasteiger partial charge in [-0.05, 0) is 24.3 Å². The minimum Gasteiger partial charge on any atom is -0.395 e. The van der Waals surface area contributed by atoms with Gasteiger partial charge in [-0.15, -0.1) is 0 Å². The van der Waals surface area contributed by atoms with Gasteiger partial charge in [-0.1, -0.05) is 41.4 Å². The molecule has 0 aliphatic carbocycles. The predicted octanol–water partition coefficient (Wildman–Crippen LogP) is 4.51. The van der Waals surface area contributed by atoms with Crippen molar-refractivity contribution in [1.82, 2.24) is 14.5 Å². The zero-order valence-corrected chi connectivity index (χ0v) is 17.0. The van der Waals surface area contributed by atoms with E-state index in [4.69, 9.17) is 23.2 Å². The number of aliphatic hydroxyl groups is 1. The van der Waals surface area contributed by atoms with Crippen molar-refractivity contribution in [2.45, 2.75) is 0 Å². The average molecular weight is 445 g/mol. The second-order valence-electron chi connectivity index (χ2n) is 6.39. The fourth-order valence-electron chi connectivity index (χ4n) is 3.25. The lowest BCUT2D eigenvalue weighted by atomic mass is 10.1. The molecule has 1 N–H and O–H groups in total. The molecule has 152 valence electrons. The number of fused-ring (bicyclic) bond motifs is 1. The minimum atomic E-state index is -0.708. The van der Waals surface area contributed by atoms with Crippen LogP contribution in [0.2, 0.25) is 10.3 Å². The summed E-state index contributed by atoms with van der Waals surface area (Å²) in [5, 5.41) is 9.88. The Labute approximate surface area is 181 Å². The lowest BCUT2D eigenvalue weighted by Gasteiger charge is -2.23. The third-order valence-corrected chi connectivity index (χ3v) is 5.19. The van der Waals surface area contributed by atoms with Gasteiger partial charge in [0, 0.05) is 29.9 Å². The van der Waals surface area contributed by atoms with Gasteiger partial charge in [0.25, 0.3) is 5.91 Å². The van der Waals surface area contributed by atoms with Crippen LogP contribution in [-0.4, -0.2) is 38.7 Å². The number of aromatic nitrogens is 3. The number of rotatable bonds is 5. The van der Waals surface area contributed by atoms with E-state index in [1.165, 1.54) is 6.07 Å². The number of carbonyl (C=O) groups excluding carboxylic acids is 1. The normalized spacial score (nSPS) is 11.1. The van der Waals surface area contributed by atoms with Crippen molar-refractivity contribution in [3.05, 3.63) is 82.7 Å². The zero-order chi connectivity index (χ0) is 21.3. The lowest BCUT2D eigenvalue weighted by Crippen LogP contribution is -2.35. The highest BCUT2D eigenvalue weighted by Gasteiger charge is 2.26. The van der Waals surface area contributed by atoms with Gasteiger partial charge >= 0.3 is 0 Å². The van der Waals surface area contributed by atoms with Crippen LogP contribution in [0.5, 0.6) is 0 Å². The highest BCUT2D eigenvalue weighted by Crippen LogP contribution is 2.31. The minimum absolute atomic E-state index is 0.0108. The van der Waals surface area contributed by atoms with E-state index in [-0.39, 0.29) is 28.1 Å². The topological polar surface area (TPSA) is 71.2 Å². The van der Waals surface area contributed by atoms with Gasteiger partial charge in [-0.2, -0.15) is 0 Å². The van der Waals surface area contributed by atoms with E-state index in [0.717, 1.165) is 16.9 Å². The molecule has 2 aromatic carbocycles. The molecule has 1 amide bonds. The molecule has 0 fully saturated rings. The first kappa shape index (κ1) is 20.3. The van der Waals surface area contributed by atoms with E-state index in [0.29, 0.717) is 10.9 Å². The second-order valence-corrected chi connectivity index (χ2v) is 7.11. The standard InChI is InChI=1S/C21H15Cl2FN4O2/c22-19-18(20(23)26-12-25-19)21(30)28(8-9-29)17-10-13-6-7-27(16(13)11-15(17)24)14-4-2-1-3-5-14/h1-7,10-12,29H,8-9H2. The fraction of sp³-hybridized carbons (Fsp3) is 0.0952. The summed E-state index contributed by atoms with van der Waals surface area (Å²) < 4.78 is 17.0. The van der Waals surface area contributed by atoms with Crippen LogP contribution in [0, 0.1) is 5.82 Å². The number of para-hydroxylation sites is 1. The Kier molecular flexibility index (Phi) is 5.67. The SMILES string of the molecule is O=C(c1c(Cl)ncnc1Cl)N(CCO)c1cc2ccn(-c3ccccc3)c2cc1F. The summed E-state index contributed by atoms with van der Waals surface area (Å²) in [4.78, 5) is 21.7. The van der Waals surface area contributed by atoms with Crippen LogP contribution < -0.4 is 4.90 Å². The van der Waals surface area contributed by atoms with Crippen LogP contribution in [0.15, 0.2) is 61.1 Å². The third kappa shape index (κ3) is 3.63. The zero-order valence-electron chi connectivity index (χ0n) is 15.5. The number of nitrogens with zero attached hydrogens (tertiary/aromatic N) is 4. The fourth-order valence-corrected chi connectivity index (χ4v) is 3.73. The molecule has 0 unspecified atom stereocenters. The van der Waals surface area contributed by atoms with Gasteiger partial charge in [-0.25, -0.2) is 14.4 Å². The first-order valence-electron chi connectivity index (χ1n) is 8.96. The monoisotopic (exact) mass is 444 g/mol. The van der Waals surface area contributed by atoms with Crippen LogP contribution in [0.3, 0.4) is 0 Å². The number of hydrogen-bond donors (Lipinski definition) is 1. The smallest absolute Gasteiger partial charge is 0.264 e. The third-order valence-electron chi connectivity index (χ3n) is 4.62. The Morgan fingerprint density at radius 2 is 1.80 bits per heavy atom. The van der Waals surface area contributed by atoms with Crippen LogP contribution >= 0.6 is 23.2 Å². The molecule has 4 rings (SSSR count). The Hall–Kier alpha value is -3.00. The van der Waals surface area contributed by atoms with Crippen molar-refractivity contribution in [2.24, 2.45) is 0 Å². The Balaban J connectivity index is 1.82. The Morgan fingerprint density at radius 3 is 2.47 bits per heavy atom. The number of hydrogen-bond acceptors (Lipinski definition) is 4. The van der Waals surface area contributed by atoms with Crippen LogP contribution in [0.1, 0.15) is 10.4 Å². The van der Waals surface area contributed by atoms with Crippen molar-refractivity contribution in [3.8, 4) is 5.69 Å². The van der Waals surface area contributed by atoms with Crippen molar-refractivity contribution < 1.29 is 14.3 Å². The highest BCUT2D eigenvalue weighted by molar-refractivity contribution is 6.39. The van der Waals surface area contributed by atoms with Gasteiger partial charge in [0.2, 0.25) is 0 Å². The van der Waals surface area contributed by atoms with Crippen LogP contribution in [-0.2, 0) is 0 Å². The van der Waals surface area contributed by atoms with Gasteiger partial charge < -0.3 is 14.6 Å². The molecule has 0 atom stereocenters. The molecule has 0 bridgehead atoms. The quantitative estimate of drug-likeness (QED) is 0.459. The number of aliphatic hydroxyl groups excluding tert-OH is 1. The molecular weight excluding hydrogens is 430 g/mol. The van der Waals surface area contributed by atoms with E-state index in [9.17, 15) is 9.90 Å². The van der Waals surface area contributed by atoms with Gasteiger partial charge in [-0.3, -0.25) is 4.79 Å². The number of amides is 1. The Bertz CT molecular complexity index is 1210. The highest BCUT2D eigenvalue weighted by atomic mass is 35.5. The number of halogens is 3. The predicted molar refractivity (Wildman–Crippen MR) is 114 cm³/mol. The van der Waals surface area contributed by atoms with Crippen molar-refractivity contribution in [2.75, 3.05) is 18.1 Å². The molecule has 6 nitrogen and oxygen atoms in total. The maximum absolute atomic E-state index is 15.2. The van der Waals surface area contributed by atoms with E-state index in [2.05, 4.69) is 9.97 Å². The number of carbonyl (C=O) groups is 1. The lowest BCUT2D eigenvalue weighted by molar-refractivity contribution is 0.0979. The Morgan fingerprint density at radius 1 is 1.10 bits per heavy atom. The summed E-state index contributed by atoms with van der Waals surface area (Å²) in [6.07, 6.45) is 2.94. The maximum Gasteiger partial charge on any atom is 0.264 e. The number of anilines is 1. The molecule has 0 saturated carbocycles. The maximum atomic E-state index is 15.2. The van der Waals surface area contributed by atoms with E-state index >= 15 is 4.39 Å². The summed E-state index contributed by atoms with van der Waals surface area (Å²) in [6.45, 7) is -0.556. The van der Waals surface area contributed by atoms with E-state index < -0.39 is 18.3 Å². The molecule has 0 saturated heterocycles. The molecule has 0 aliphatic rings. The first-order valence-corrected chi connectivity index (χ1v) is 9.71. The summed E-state index contributed by atoms with van der Waals surface area (Å²) in [6, 6.07) is 14.2. The summed E-state index contributed by atoms with van der Waals surface area (Å²) in [7, 11) is 0. The average Bonchev–Trinajstić information content (AvgIpc) is 3.14. The largest absolute Gasteiger partial charge is 0.395 e. The van der Waals surface area contributed by atoms with Gasteiger partial charge in [0.05, 0.1) is 17.8 Å². The summed E-state index contributed by atoms with van der Waals surface area (Å²) in [5.74, 6) is -1.34. The molecule has 0 aliphatic heterocycles. The summed E-state index contributed by atoms with van der Waals surface area (Å²) in [5.41, 5.74) is 1.35. The van der Waals surface area contributed by atoms with Gasteiger partial charge in [0.15, 0.2) is 0 Å². The van der Waals surface area contributed by atoms with E-state index in [1.807, 2.05) is 47.2 Å². The molecule has 2 aromatic heterocycles. The summed E-state index contributed by atoms with van der Waals surface area (Å²) >= 11 is 12.0. The molecule has 9 heteroatoms. The van der Waals surface area contributed by atoms with Crippen LogP contribution in [0.4, 0.5) is 10.1 Å². The van der Waals surface area contributed by atoms with Crippen molar-refractivity contribution >= 4 is 45.7 Å². The molecule has 4 aromatic rings. The molecule has 30 heavy (non-hydrogen) atoms. The number of benzene rings is 2. The first-order chi connectivity index (χ1) is 14.5.